The smallest absolute Gasteiger partial charge is 0.269 e. The Morgan fingerprint density at radius 3 is 2.71 bits per heavy atom. The van der Waals surface area contributed by atoms with Crippen LogP contribution in [0.4, 0.5) is 5.69 Å². The van der Waals surface area contributed by atoms with Crippen molar-refractivity contribution in [2.45, 2.75) is 19.9 Å². The highest BCUT2D eigenvalue weighted by Gasteiger charge is 2.15. The highest BCUT2D eigenvalue weighted by atomic mass is 16.6. The standard InChI is InChI=1S/C11H15N3O3/c1-8(13(3)12-9(2)15)10-5-4-6-11(7-10)14(16)17/h4-8H,1-3H3,(H,12,15). The largest absolute Gasteiger partial charge is 0.289 e. The molecule has 1 N–H and O–H groups in total. The molecule has 0 aliphatic heterocycles. The molecule has 1 unspecified atom stereocenters. The van der Waals surface area contributed by atoms with Crippen LogP contribution in [-0.2, 0) is 4.79 Å². The van der Waals surface area contributed by atoms with Gasteiger partial charge in [0.1, 0.15) is 0 Å². The van der Waals surface area contributed by atoms with Crippen LogP contribution in [0.5, 0.6) is 0 Å². The van der Waals surface area contributed by atoms with E-state index in [1.165, 1.54) is 19.1 Å². The van der Waals surface area contributed by atoms with Gasteiger partial charge < -0.3 is 0 Å². The molecule has 0 aliphatic rings. The molecule has 0 heterocycles. The minimum Gasteiger partial charge on any atom is -0.289 e. The normalized spacial score (nSPS) is 12.2. The van der Waals surface area contributed by atoms with Crippen molar-refractivity contribution >= 4 is 11.6 Å². The van der Waals surface area contributed by atoms with Gasteiger partial charge in [0.05, 0.1) is 11.0 Å². The molecule has 0 spiro atoms. The van der Waals surface area contributed by atoms with Crippen LogP contribution in [-0.4, -0.2) is 22.9 Å². The zero-order valence-electron chi connectivity index (χ0n) is 10.0. The van der Waals surface area contributed by atoms with Crippen LogP contribution in [0.15, 0.2) is 24.3 Å². The third-order valence-electron chi connectivity index (χ3n) is 2.48. The lowest BCUT2D eigenvalue weighted by atomic mass is 10.1. The Labute approximate surface area is 99.4 Å². The minimum absolute atomic E-state index is 0.0468. The Morgan fingerprint density at radius 2 is 2.18 bits per heavy atom. The molecule has 0 aliphatic carbocycles. The van der Waals surface area contributed by atoms with E-state index >= 15 is 0 Å². The molecule has 1 aromatic rings. The second-order valence-corrected chi connectivity index (χ2v) is 3.81. The number of hydrogen-bond acceptors (Lipinski definition) is 4. The number of benzene rings is 1. The first-order valence-electron chi connectivity index (χ1n) is 5.16. The number of hydrazine groups is 1. The van der Waals surface area contributed by atoms with Crippen molar-refractivity contribution in [2.75, 3.05) is 7.05 Å². The molecule has 1 aromatic carbocycles. The van der Waals surface area contributed by atoms with Crippen molar-refractivity contribution < 1.29 is 9.72 Å². The van der Waals surface area contributed by atoms with E-state index in [2.05, 4.69) is 5.43 Å². The summed E-state index contributed by atoms with van der Waals surface area (Å²) in [5.41, 5.74) is 3.43. The number of nitrogens with one attached hydrogen (secondary N) is 1. The Kier molecular flexibility index (Phi) is 4.17. The fourth-order valence-electron chi connectivity index (χ4n) is 1.47. The van der Waals surface area contributed by atoms with Crippen LogP contribution in [0.2, 0.25) is 0 Å². The van der Waals surface area contributed by atoms with Crippen molar-refractivity contribution in [3.8, 4) is 0 Å². The second-order valence-electron chi connectivity index (χ2n) is 3.81. The van der Waals surface area contributed by atoms with Crippen molar-refractivity contribution in [1.82, 2.24) is 10.4 Å². The first-order chi connectivity index (χ1) is 7.91. The number of nitrogens with zero attached hydrogens (tertiary/aromatic N) is 2. The predicted octanol–water partition coefficient (Wildman–Crippen LogP) is 1.64. The van der Waals surface area contributed by atoms with Crippen LogP contribution in [0.25, 0.3) is 0 Å². The minimum atomic E-state index is -0.436. The second kappa shape index (κ2) is 5.40. The number of rotatable bonds is 4. The molecule has 0 radical (unpaired) electrons. The monoisotopic (exact) mass is 237 g/mol. The van der Waals surface area contributed by atoms with Gasteiger partial charge in [0.2, 0.25) is 5.91 Å². The SMILES string of the molecule is CC(=O)NN(C)C(C)c1cccc([N+](=O)[O-])c1. The van der Waals surface area contributed by atoms with E-state index in [-0.39, 0.29) is 17.6 Å². The molecule has 1 atom stereocenters. The lowest BCUT2D eigenvalue weighted by Crippen LogP contribution is -2.39. The Balaban J connectivity index is 2.88. The van der Waals surface area contributed by atoms with E-state index in [0.29, 0.717) is 0 Å². The van der Waals surface area contributed by atoms with Crippen LogP contribution in [0.1, 0.15) is 25.5 Å². The zero-order valence-corrected chi connectivity index (χ0v) is 10.0. The molecule has 92 valence electrons. The fraction of sp³-hybridized carbons (Fsp3) is 0.364. The van der Waals surface area contributed by atoms with Gasteiger partial charge in [-0.1, -0.05) is 12.1 Å². The third-order valence-corrected chi connectivity index (χ3v) is 2.48. The maximum Gasteiger partial charge on any atom is 0.269 e. The number of nitro groups is 1. The number of amides is 1. The lowest BCUT2D eigenvalue weighted by Gasteiger charge is -2.24. The van der Waals surface area contributed by atoms with Gasteiger partial charge in [0.15, 0.2) is 0 Å². The van der Waals surface area contributed by atoms with E-state index in [1.54, 1.807) is 24.2 Å². The molecule has 1 rings (SSSR count). The topological polar surface area (TPSA) is 75.5 Å². The molecule has 6 heteroatoms. The number of carbonyl (C=O) groups excluding carboxylic acids is 1. The van der Waals surface area contributed by atoms with E-state index < -0.39 is 4.92 Å². The molecule has 0 saturated carbocycles. The van der Waals surface area contributed by atoms with E-state index in [0.717, 1.165) is 5.56 Å². The summed E-state index contributed by atoms with van der Waals surface area (Å²) >= 11 is 0. The number of nitro benzene ring substituents is 1. The van der Waals surface area contributed by atoms with Gasteiger partial charge in [-0.3, -0.25) is 20.3 Å². The molecule has 6 nitrogen and oxygen atoms in total. The van der Waals surface area contributed by atoms with Crippen LogP contribution in [0.3, 0.4) is 0 Å². The summed E-state index contributed by atoms with van der Waals surface area (Å²) in [6.45, 7) is 3.27. The van der Waals surface area contributed by atoms with Crippen LogP contribution < -0.4 is 5.43 Å². The summed E-state index contributed by atoms with van der Waals surface area (Å²) in [6, 6.07) is 6.22. The van der Waals surface area contributed by atoms with Gasteiger partial charge >= 0.3 is 0 Å². The highest BCUT2D eigenvalue weighted by Crippen LogP contribution is 2.21. The summed E-state index contributed by atoms with van der Waals surface area (Å²) in [5.74, 6) is -0.176. The van der Waals surface area contributed by atoms with Gasteiger partial charge in [0, 0.05) is 26.1 Å². The molecular formula is C11H15N3O3. The molecule has 1 amide bonds. The first-order valence-corrected chi connectivity index (χ1v) is 5.16. The first kappa shape index (κ1) is 13.1. The zero-order chi connectivity index (χ0) is 13.0. The fourth-order valence-corrected chi connectivity index (χ4v) is 1.47. The molecular weight excluding hydrogens is 222 g/mol. The average Bonchev–Trinajstić information content (AvgIpc) is 2.27. The summed E-state index contributed by atoms with van der Waals surface area (Å²) < 4.78 is 0. The molecule has 0 fully saturated rings. The Bertz CT molecular complexity index is 434. The van der Waals surface area contributed by atoms with Gasteiger partial charge in [-0.2, -0.15) is 0 Å². The molecule has 0 saturated heterocycles. The van der Waals surface area contributed by atoms with Crippen molar-refractivity contribution in [2.24, 2.45) is 0 Å². The third kappa shape index (κ3) is 3.53. The maximum atomic E-state index is 10.9. The summed E-state index contributed by atoms with van der Waals surface area (Å²) in [7, 11) is 1.71. The van der Waals surface area contributed by atoms with E-state index in [1.807, 2.05) is 6.92 Å². The van der Waals surface area contributed by atoms with E-state index in [4.69, 9.17) is 0 Å². The average molecular weight is 237 g/mol. The molecule has 0 aromatic heterocycles. The van der Waals surface area contributed by atoms with Crippen molar-refractivity contribution in [1.29, 1.82) is 0 Å². The Morgan fingerprint density at radius 1 is 1.53 bits per heavy atom. The quantitative estimate of drug-likeness (QED) is 0.638. The summed E-state index contributed by atoms with van der Waals surface area (Å²) in [6.07, 6.45) is 0. The lowest BCUT2D eigenvalue weighted by molar-refractivity contribution is -0.384. The number of non-ortho nitro benzene ring substituents is 1. The van der Waals surface area contributed by atoms with Gasteiger partial charge in [0.25, 0.3) is 5.69 Å². The molecule has 0 bridgehead atoms. The van der Waals surface area contributed by atoms with Gasteiger partial charge in [-0.05, 0) is 12.5 Å². The van der Waals surface area contributed by atoms with Crippen LogP contribution >= 0.6 is 0 Å². The van der Waals surface area contributed by atoms with Crippen molar-refractivity contribution in [3.63, 3.8) is 0 Å². The maximum absolute atomic E-state index is 10.9. The molecule has 17 heavy (non-hydrogen) atoms. The van der Waals surface area contributed by atoms with Gasteiger partial charge in [-0.15, -0.1) is 0 Å². The van der Waals surface area contributed by atoms with Gasteiger partial charge in [-0.25, -0.2) is 5.01 Å². The predicted molar refractivity (Wildman–Crippen MR) is 63.1 cm³/mol. The highest BCUT2D eigenvalue weighted by molar-refractivity contribution is 5.72. The Hall–Kier alpha value is -1.95. The summed E-state index contributed by atoms with van der Waals surface area (Å²) in [4.78, 5) is 21.1. The number of hydrogen-bond donors (Lipinski definition) is 1. The van der Waals surface area contributed by atoms with Crippen LogP contribution in [0, 0.1) is 10.1 Å². The number of carbonyl (C=O) groups is 1. The van der Waals surface area contributed by atoms with Crippen molar-refractivity contribution in [3.05, 3.63) is 39.9 Å². The van der Waals surface area contributed by atoms with E-state index in [9.17, 15) is 14.9 Å². The summed E-state index contributed by atoms with van der Waals surface area (Å²) in [5, 5.41) is 12.3.